The summed E-state index contributed by atoms with van der Waals surface area (Å²) in [7, 11) is 2.14. The molecule has 0 amide bonds. The van der Waals surface area contributed by atoms with Gasteiger partial charge in [-0.25, -0.2) is 4.98 Å². The second-order valence-corrected chi connectivity index (χ2v) is 6.49. The minimum absolute atomic E-state index is 0.585. The van der Waals surface area contributed by atoms with E-state index >= 15 is 0 Å². The third-order valence-corrected chi connectivity index (χ3v) is 4.62. The molecule has 0 aliphatic heterocycles. The summed E-state index contributed by atoms with van der Waals surface area (Å²) in [5.41, 5.74) is 1.16. The van der Waals surface area contributed by atoms with Gasteiger partial charge in [0.2, 0.25) is 0 Å². The highest BCUT2D eigenvalue weighted by atomic mass is 35.5. The van der Waals surface area contributed by atoms with Gasteiger partial charge in [-0.3, -0.25) is 0 Å². The molecule has 0 unspecified atom stereocenters. The van der Waals surface area contributed by atoms with Crippen LogP contribution >= 0.6 is 11.6 Å². The van der Waals surface area contributed by atoms with Crippen LogP contribution in [0.3, 0.4) is 0 Å². The predicted molar refractivity (Wildman–Crippen MR) is 91.1 cm³/mol. The number of halogens is 1. The van der Waals surface area contributed by atoms with Crippen LogP contribution in [0.2, 0.25) is 5.02 Å². The van der Waals surface area contributed by atoms with E-state index in [1.807, 2.05) is 6.20 Å². The normalized spacial score (nSPS) is 16.7. The highest BCUT2D eigenvalue weighted by Crippen LogP contribution is 2.29. The fraction of sp³-hybridized carbons (Fsp3) is 0.706. The molecule has 1 saturated carbocycles. The SMILES string of the molecule is CCCNCc1cnc(N(C)C2CCCCCC2)c(Cl)c1. The molecule has 1 aliphatic rings. The van der Waals surface area contributed by atoms with Gasteiger partial charge in [-0.1, -0.05) is 44.2 Å². The van der Waals surface area contributed by atoms with Gasteiger partial charge >= 0.3 is 0 Å². The molecular weight excluding hydrogens is 282 g/mol. The van der Waals surface area contributed by atoms with Crippen LogP contribution in [-0.4, -0.2) is 24.6 Å². The number of hydrogen-bond donors (Lipinski definition) is 1. The van der Waals surface area contributed by atoms with Gasteiger partial charge < -0.3 is 10.2 Å². The van der Waals surface area contributed by atoms with Crippen molar-refractivity contribution in [1.29, 1.82) is 0 Å². The lowest BCUT2D eigenvalue weighted by Gasteiger charge is -2.29. The maximum atomic E-state index is 6.47. The fourth-order valence-electron chi connectivity index (χ4n) is 3.05. The number of anilines is 1. The summed E-state index contributed by atoms with van der Waals surface area (Å²) in [6.45, 7) is 4.04. The minimum Gasteiger partial charge on any atom is -0.355 e. The summed E-state index contributed by atoms with van der Waals surface area (Å²) in [6, 6.07) is 2.64. The predicted octanol–water partition coefficient (Wildman–Crippen LogP) is 4.39. The van der Waals surface area contributed by atoms with Crippen LogP contribution in [-0.2, 0) is 6.54 Å². The molecule has 0 radical (unpaired) electrons. The minimum atomic E-state index is 0.585. The van der Waals surface area contributed by atoms with E-state index in [1.54, 1.807) is 0 Å². The molecule has 4 heteroatoms. The third kappa shape index (κ3) is 4.86. The molecule has 1 aromatic heterocycles. The Morgan fingerprint density at radius 1 is 1.29 bits per heavy atom. The van der Waals surface area contributed by atoms with Gasteiger partial charge in [-0.05, 0) is 37.4 Å². The van der Waals surface area contributed by atoms with Crippen LogP contribution in [0.1, 0.15) is 57.4 Å². The summed E-state index contributed by atoms with van der Waals surface area (Å²) >= 11 is 6.47. The van der Waals surface area contributed by atoms with E-state index in [0.717, 1.165) is 35.9 Å². The molecule has 1 heterocycles. The Balaban J connectivity index is 2.01. The van der Waals surface area contributed by atoms with Gasteiger partial charge in [-0.2, -0.15) is 0 Å². The summed E-state index contributed by atoms with van der Waals surface area (Å²) in [5.74, 6) is 0.933. The summed E-state index contributed by atoms with van der Waals surface area (Å²) in [5, 5.41) is 4.16. The molecule has 0 saturated heterocycles. The molecule has 0 spiro atoms. The number of rotatable bonds is 6. The Bertz CT molecular complexity index is 428. The molecule has 1 aromatic rings. The number of hydrogen-bond acceptors (Lipinski definition) is 3. The number of aromatic nitrogens is 1. The molecule has 2 rings (SSSR count). The molecule has 0 atom stereocenters. The molecule has 118 valence electrons. The van der Waals surface area contributed by atoms with Crippen molar-refractivity contribution in [2.24, 2.45) is 0 Å². The number of nitrogens with zero attached hydrogens (tertiary/aromatic N) is 2. The highest BCUT2D eigenvalue weighted by Gasteiger charge is 2.20. The van der Waals surface area contributed by atoms with Crippen molar-refractivity contribution in [1.82, 2.24) is 10.3 Å². The average Bonchev–Trinajstić information content (AvgIpc) is 2.76. The molecular formula is C17H28ClN3. The van der Waals surface area contributed by atoms with Crippen molar-refractivity contribution in [2.75, 3.05) is 18.5 Å². The van der Waals surface area contributed by atoms with Crippen molar-refractivity contribution in [3.63, 3.8) is 0 Å². The monoisotopic (exact) mass is 309 g/mol. The van der Waals surface area contributed by atoms with Crippen LogP contribution in [0.15, 0.2) is 12.3 Å². The standard InChI is InChI=1S/C17H28ClN3/c1-3-10-19-12-14-11-16(18)17(20-13-14)21(2)15-8-6-4-5-7-9-15/h11,13,15,19H,3-10,12H2,1-2H3. The first-order chi connectivity index (χ1) is 10.2. The van der Waals surface area contributed by atoms with Gasteiger partial charge in [0.25, 0.3) is 0 Å². The molecule has 3 nitrogen and oxygen atoms in total. The maximum absolute atomic E-state index is 6.47. The Kier molecular flexibility index (Phi) is 6.78. The lowest BCUT2D eigenvalue weighted by Crippen LogP contribution is -2.32. The number of pyridine rings is 1. The molecule has 1 N–H and O–H groups in total. The van der Waals surface area contributed by atoms with Gasteiger partial charge in [0.15, 0.2) is 0 Å². The Hall–Kier alpha value is -0.800. The van der Waals surface area contributed by atoms with Crippen molar-refractivity contribution >= 4 is 17.4 Å². The lowest BCUT2D eigenvalue weighted by molar-refractivity contribution is 0.549. The Labute approximate surface area is 134 Å². The van der Waals surface area contributed by atoms with Crippen LogP contribution in [0.4, 0.5) is 5.82 Å². The Morgan fingerprint density at radius 2 is 2.00 bits per heavy atom. The second-order valence-electron chi connectivity index (χ2n) is 6.08. The molecule has 1 aliphatic carbocycles. The summed E-state index contributed by atoms with van der Waals surface area (Å²) in [6.07, 6.45) is 11.0. The number of nitrogens with one attached hydrogen (secondary N) is 1. The van der Waals surface area contributed by atoms with Crippen LogP contribution in [0.5, 0.6) is 0 Å². The fourth-order valence-corrected chi connectivity index (χ4v) is 3.38. The van der Waals surface area contributed by atoms with E-state index < -0.39 is 0 Å². The molecule has 0 aromatic carbocycles. The van der Waals surface area contributed by atoms with Gasteiger partial charge in [0, 0.05) is 25.8 Å². The van der Waals surface area contributed by atoms with Crippen molar-refractivity contribution in [3.8, 4) is 0 Å². The van der Waals surface area contributed by atoms with E-state index in [2.05, 4.69) is 35.2 Å². The highest BCUT2D eigenvalue weighted by molar-refractivity contribution is 6.33. The van der Waals surface area contributed by atoms with Gasteiger partial charge in [-0.15, -0.1) is 0 Å². The zero-order chi connectivity index (χ0) is 15.1. The first kappa shape index (κ1) is 16.6. The van der Waals surface area contributed by atoms with E-state index in [4.69, 9.17) is 11.6 Å². The van der Waals surface area contributed by atoms with E-state index in [-0.39, 0.29) is 0 Å². The van der Waals surface area contributed by atoms with E-state index in [1.165, 1.54) is 38.5 Å². The molecule has 0 bridgehead atoms. The zero-order valence-corrected chi connectivity index (χ0v) is 14.1. The summed E-state index contributed by atoms with van der Waals surface area (Å²) < 4.78 is 0. The molecule has 21 heavy (non-hydrogen) atoms. The topological polar surface area (TPSA) is 28.2 Å². The zero-order valence-electron chi connectivity index (χ0n) is 13.4. The van der Waals surface area contributed by atoms with Crippen molar-refractivity contribution in [3.05, 3.63) is 22.8 Å². The first-order valence-electron chi connectivity index (χ1n) is 8.30. The van der Waals surface area contributed by atoms with Crippen LogP contribution in [0.25, 0.3) is 0 Å². The van der Waals surface area contributed by atoms with Crippen LogP contribution < -0.4 is 10.2 Å². The third-order valence-electron chi connectivity index (χ3n) is 4.34. The quantitative estimate of drug-likeness (QED) is 0.624. The largest absolute Gasteiger partial charge is 0.355 e. The smallest absolute Gasteiger partial charge is 0.147 e. The second kappa shape index (κ2) is 8.60. The maximum Gasteiger partial charge on any atom is 0.147 e. The average molecular weight is 310 g/mol. The van der Waals surface area contributed by atoms with E-state index in [9.17, 15) is 0 Å². The van der Waals surface area contributed by atoms with Crippen molar-refractivity contribution < 1.29 is 0 Å². The molecule has 1 fully saturated rings. The van der Waals surface area contributed by atoms with Crippen LogP contribution in [0, 0.1) is 0 Å². The van der Waals surface area contributed by atoms with Gasteiger partial charge in [0.05, 0.1) is 5.02 Å². The van der Waals surface area contributed by atoms with Gasteiger partial charge in [0.1, 0.15) is 5.82 Å². The van der Waals surface area contributed by atoms with Crippen molar-refractivity contribution in [2.45, 2.75) is 64.5 Å². The first-order valence-corrected chi connectivity index (χ1v) is 8.68. The Morgan fingerprint density at radius 3 is 2.62 bits per heavy atom. The summed E-state index contributed by atoms with van der Waals surface area (Å²) in [4.78, 5) is 6.91. The lowest BCUT2D eigenvalue weighted by atomic mass is 10.1. The van der Waals surface area contributed by atoms with E-state index in [0.29, 0.717) is 6.04 Å².